The van der Waals surface area contributed by atoms with E-state index in [2.05, 4.69) is 10.2 Å². The van der Waals surface area contributed by atoms with E-state index in [9.17, 15) is 10.1 Å². The number of nitro benzene ring substituents is 1. The number of nitro groups is 1. The van der Waals surface area contributed by atoms with Crippen LogP contribution >= 0.6 is 0 Å². The normalized spacial score (nSPS) is 10.8. The van der Waals surface area contributed by atoms with E-state index in [4.69, 9.17) is 5.39 Å². The van der Waals surface area contributed by atoms with Crippen molar-refractivity contribution >= 4 is 11.4 Å². The van der Waals surface area contributed by atoms with Gasteiger partial charge in [0.2, 0.25) is 0 Å². The summed E-state index contributed by atoms with van der Waals surface area (Å²) in [6.07, 6.45) is 0.502. The molecule has 0 unspecified atom stereocenters. The lowest BCUT2D eigenvalue weighted by Gasteiger charge is -1.96. The third-order valence-electron chi connectivity index (χ3n) is 1.82. The molecule has 0 aliphatic heterocycles. The summed E-state index contributed by atoms with van der Waals surface area (Å²) in [6, 6.07) is 6.15. The van der Waals surface area contributed by atoms with Gasteiger partial charge in [-0.15, -0.1) is 0 Å². The van der Waals surface area contributed by atoms with Crippen molar-refractivity contribution in [2.24, 2.45) is 5.10 Å². The summed E-state index contributed by atoms with van der Waals surface area (Å²) in [5.74, 6) is 0. The third-order valence-corrected chi connectivity index (χ3v) is 1.82. The summed E-state index contributed by atoms with van der Waals surface area (Å²) >= 11 is 0. The van der Waals surface area contributed by atoms with Crippen LogP contribution < -0.4 is 0 Å². The second kappa shape index (κ2) is 4.81. The van der Waals surface area contributed by atoms with Crippen molar-refractivity contribution in [2.75, 3.05) is 0 Å². The minimum absolute atomic E-state index is 0.0557. The van der Waals surface area contributed by atoms with Crippen LogP contribution in [0.4, 0.5) is 5.69 Å². The highest BCUT2D eigenvalue weighted by Crippen LogP contribution is 2.12. The zero-order valence-electron chi connectivity index (χ0n) is 8.12. The molecule has 1 aromatic carbocycles. The van der Waals surface area contributed by atoms with E-state index in [1.165, 1.54) is 12.1 Å². The summed E-state index contributed by atoms with van der Waals surface area (Å²) in [7, 11) is 0. The van der Waals surface area contributed by atoms with Crippen molar-refractivity contribution in [1.29, 1.82) is 5.39 Å². The van der Waals surface area contributed by atoms with Crippen LogP contribution in [0.15, 0.2) is 29.4 Å². The Hall–Kier alpha value is -2.29. The molecule has 76 valence electrons. The van der Waals surface area contributed by atoms with E-state index >= 15 is 0 Å². The number of nitrogens with zero attached hydrogens (tertiary/aromatic N) is 4. The maximum Gasteiger partial charge on any atom is 0.338 e. The molecule has 0 spiro atoms. The second-order valence-corrected chi connectivity index (χ2v) is 3.03. The molecular weight excluding hydrogens is 196 g/mol. The topological polar surface area (TPSA) is 83.7 Å². The minimum atomic E-state index is -0.451. The molecule has 0 radical (unpaired) electrons. The number of hydrogen-bond donors (Lipinski definition) is 0. The Kier molecular flexibility index (Phi) is 3.46. The zero-order valence-corrected chi connectivity index (χ0v) is 8.12. The molecule has 0 aromatic heterocycles. The lowest BCUT2D eigenvalue weighted by molar-refractivity contribution is -0.384. The lowest BCUT2D eigenvalue weighted by Crippen LogP contribution is -1.96. The molecular formula is C9H9N4O2+. The molecule has 0 aliphatic rings. The maximum atomic E-state index is 10.4. The summed E-state index contributed by atoms with van der Waals surface area (Å²) < 4.78 is 0. The van der Waals surface area contributed by atoms with E-state index in [1.54, 1.807) is 19.1 Å². The van der Waals surface area contributed by atoms with Crippen LogP contribution in [0.3, 0.4) is 0 Å². The molecule has 0 saturated carbocycles. The van der Waals surface area contributed by atoms with Crippen molar-refractivity contribution in [3.05, 3.63) is 45.0 Å². The van der Waals surface area contributed by atoms with Gasteiger partial charge in [0.25, 0.3) is 11.1 Å². The molecule has 6 nitrogen and oxygen atoms in total. The Balaban J connectivity index is 2.78. The molecule has 0 atom stereocenters. The molecule has 0 fully saturated rings. The molecule has 1 aromatic rings. The number of hydrogen-bond acceptors (Lipinski definition) is 4. The van der Waals surface area contributed by atoms with Gasteiger partial charge in [-0.2, -0.15) is 0 Å². The standard InChI is InChI=1S/C9H9N4O2/c1-7(11-12-10)6-8-2-4-9(5-3-8)13(14)15/h2-5H,6H2,1H3/q+1/b11-7+. The third kappa shape index (κ3) is 3.15. The fourth-order valence-electron chi connectivity index (χ4n) is 1.14. The van der Waals surface area contributed by atoms with Gasteiger partial charge < -0.3 is 0 Å². The first-order valence-corrected chi connectivity index (χ1v) is 4.24. The molecule has 0 aliphatic carbocycles. The Morgan fingerprint density at radius 3 is 2.60 bits per heavy atom. The number of diazo groups is 1. The smallest absolute Gasteiger partial charge is 0.258 e. The summed E-state index contributed by atoms with van der Waals surface area (Å²) in [4.78, 5) is 9.92. The Morgan fingerprint density at radius 2 is 2.13 bits per heavy atom. The molecule has 0 amide bonds. The molecule has 6 heteroatoms. The monoisotopic (exact) mass is 205 g/mol. The summed E-state index contributed by atoms with van der Waals surface area (Å²) in [5, 5.41) is 24.6. The van der Waals surface area contributed by atoms with Crippen molar-refractivity contribution in [2.45, 2.75) is 13.3 Å². The van der Waals surface area contributed by atoms with Gasteiger partial charge in [0, 0.05) is 18.6 Å². The van der Waals surface area contributed by atoms with Gasteiger partial charge in [0.1, 0.15) is 5.71 Å². The predicted molar refractivity (Wildman–Crippen MR) is 55.0 cm³/mol. The van der Waals surface area contributed by atoms with Gasteiger partial charge >= 0.3 is 5.08 Å². The molecule has 0 N–H and O–H groups in total. The highest BCUT2D eigenvalue weighted by atomic mass is 16.6. The Morgan fingerprint density at radius 1 is 1.53 bits per heavy atom. The van der Waals surface area contributed by atoms with Crippen LogP contribution in [0.25, 0.3) is 5.08 Å². The van der Waals surface area contributed by atoms with E-state index in [1.807, 2.05) is 0 Å². The van der Waals surface area contributed by atoms with Crippen LogP contribution in [0, 0.1) is 15.5 Å². The Labute approximate surface area is 86.0 Å². The largest absolute Gasteiger partial charge is 0.338 e. The fourth-order valence-corrected chi connectivity index (χ4v) is 1.14. The van der Waals surface area contributed by atoms with Gasteiger partial charge in [0.15, 0.2) is 5.10 Å². The van der Waals surface area contributed by atoms with Crippen LogP contribution in [-0.4, -0.2) is 10.6 Å². The zero-order chi connectivity index (χ0) is 11.3. The van der Waals surface area contributed by atoms with Crippen LogP contribution in [0.5, 0.6) is 0 Å². The van der Waals surface area contributed by atoms with Crippen molar-refractivity contribution < 1.29 is 4.92 Å². The van der Waals surface area contributed by atoms with Crippen molar-refractivity contribution in [3.63, 3.8) is 0 Å². The van der Waals surface area contributed by atoms with Crippen LogP contribution in [0.1, 0.15) is 12.5 Å². The number of benzene rings is 1. The summed E-state index contributed by atoms with van der Waals surface area (Å²) in [5.41, 5.74) is 1.57. The molecule has 1 rings (SSSR count). The Bertz CT molecular complexity index is 430. The average molecular weight is 205 g/mol. The molecule has 0 heterocycles. The lowest BCUT2D eigenvalue weighted by atomic mass is 10.1. The SMILES string of the molecule is C/C(Cc1ccc([N+](=O)[O-])cc1)=N\[N+]#N. The first-order chi connectivity index (χ1) is 7.13. The molecule has 15 heavy (non-hydrogen) atoms. The van der Waals surface area contributed by atoms with Gasteiger partial charge in [-0.05, 0) is 12.5 Å². The van der Waals surface area contributed by atoms with E-state index in [0.717, 1.165) is 5.56 Å². The van der Waals surface area contributed by atoms with Gasteiger partial charge in [0.05, 0.1) is 4.92 Å². The first kappa shape index (κ1) is 10.8. The van der Waals surface area contributed by atoms with Gasteiger partial charge in [-0.1, -0.05) is 12.1 Å². The molecule has 0 bridgehead atoms. The van der Waals surface area contributed by atoms with Gasteiger partial charge in [-0.25, -0.2) is 0 Å². The highest BCUT2D eigenvalue weighted by molar-refractivity contribution is 5.84. The molecule has 0 saturated heterocycles. The minimum Gasteiger partial charge on any atom is -0.258 e. The summed E-state index contributed by atoms with van der Waals surface area (Å²) in [6.45, 7) is 1.71. The second-order valence-electron chi connectivity index (χ2n) is 3.03. The van der Waals surface area contributed by atoms with E-state index < -0.39 is 4.92 Å². The van der Waals surface area contributed by atoms with Crippen LogP contribution in [-0.2, 0) is 6.42 Å². The number of non-ortho nitro benzene ring substituents is 1. The predicted octanol–water partition coefficient (Wildman–Crippen LogP) is 2.37. The van der Waals surface area contributed by atoms with Crippen molar-refractivity contribution in [3.8, 4) is 0 Å². The highest BCUT2D eigenvalue weighted by Gasteiger charge is 2.05. The van der Waals surface area contributed by atoms with Crippen LogP contribution in [0.2, 0.25) is 0 Å². The average Bonchev–Trinajstić information content (AvgIpc) is 2.18. The first-order valence-electron chi connectivity index (χ1n) is 4.24. The van der Waals surface area contributed by atoms with E-state index in [-0.39, 0.29) is 5.69 Å². The maximum absolute atomic E-state index is 10.4. The van der Waals surface area contributed by atoms with Crippen molar-refractivity contribution in [1.82, 2.24) is 0 Å². The van der Waals surface area contributed by atoms with Gasteiger partial charge in [-0.3, -0.25) is 10.1 Å². The number of rotatable bonds is 3. The fraction of sp³-hybridized carbons (Fsp3) is 0.222. The quantitative estimate of drug-likeness (QED) is 0.328. The van der Waals surface area contributed by atoms with E-state index in [0.29, 0.717) is 12.1 Å².